The first-order valence-corrected chi connectivity index (χ1v) is 12.2. The van der Waals surface area contributed by atoms with Gasteiger partial charge in [-0.25, -0.2) is 0 Å². The molecule has 3 aromatic carbocycles. The van der Waals surface area contributed by atoms with Crippen LogP contribution in [0, 0.1) is 5.92 Å². The van der Waals surface area contributed by atoms with Crippen molar-refractivity contribution < 1.29 is 14.3 Å². The smallest absolute Gasteiger partial charge is 0.253 e. The van der Waals surface area contributed by atoms with Crippen LogP contribution in [-0.2, 0) is 17.8 Å². The zero-order chi connectivity index (χ0) is 24.6. The second kappa shape index (κ2) is 11.6. The fraction of sp³-hybridized carbons (Fsp3) is 0.310. The first-order chi connectivity index (χ1) is 17.0. The van der Waals surface area contributed by atoms with Crippen LogP contribution in [-0.4, -0.2) is 32.0 Å². The van der Waals surface area contributed by atoms with Crippen molar-refractivity contribution in [1.82, 2.24) is 5.32 Å². The maximum atomic E-state index is 13.3. The molecule has 6 nitrogen and oxygen atoms in total. The Labute approximate surface area is 207 Å². The summed E-state index contributed by atoms with van der Waals surface area (Å²) in [5.41, 5.74) is 4.04. The van der Waals surface area contributed by atoms with Crippen LogP contribution in [0.5, 0.6) is 5.75 Å². The highest BCUT2D eigenvalue weighted by Crippen LogP contribution is 2.29. The largest absolute Gasteiger partial charge is 0.497 e. The maximum Gasteiger partial charge on any atom is 0.253 e. The molecule has 2 amide bonds. The summed E-state index contributed by atoms with van der Waals surface area (Å²) in [6.45, 7) is 4.56. The number of amides is 2. The van der Waals surface area contributed by atoms with Gasteiger partial charge in [0.25, 0.3) is 5.91 Å². The van der Waals surface area contributed by atoms with Crippen molar-refractivity contribution in [3.05, 3.63) is 89.5 Å². The summed E-state index contributed by atoms with van der Waals surface area (Å²) in [4.78, 5) is 28.2. The Kier molecular flexibility index (Phi) is 8.03. The zero-order valence-electron chi connectivity index (χ0n) is 20.4. The van der Waals surface area contributed by atoms with Crippen LogP contribution < -0.4 is 20.3 Å². The van der Waals surface area contributed by atoms with Gasteiger partial charge in [-0.2, -0.15) is 0 Å². The second-order valence-corrected chi connectivity index (χ2v) is 9.14. The number of ether oxygens (including phenoxy) is 1. The number of anilines is 2. The van der Waals surface area contributed by atoms with Crippen LogP contribution in [0.1, 0.15) is 41.3 Å². The molecule has 1 heterocycles. The normalized spacial score (nSPS) is 13.8. The van der Waals surface area contributed by atoms with Gasteiger partial charge in [-0.3, -0.25) is 9.59 Å². The minimum Gasteiger partial charge on any atom is -0.497 e. The molecule has 1 saturated heterocycles. The van der Waals surface area contributed by atoms with Crippen molar-refractivity contribution in [2.75, 3.05) is 30.4 Å². The number of hydrogen-bond donors (Lipinski definition) is 2. The molecule has 1 aliphatic heterocycles. The summed E-state index contributed by atoms with van der Waals surface area (Å²) < 4.78 is 5.18. The monoisotopic (exact) mass is 471 g/mol. The van der Waals surface area contributed by atoms with E-state index < -0.39 is 0 Å². The van der Waals surface area contributed by atoms with Crippen LogP contribution in [0.4, 0.5) is 11.4 Å². The van der Waals surface area contributed by atoms with Gasteiger partial charge in [0.15, 0.2) is 0 Å². The Bertz CT molecular complexity index is 1140. The summed E-state index contributed by atoms with van der Waals surface area (Å²) >= 11 is 0. The van der Waals surface area contributed by atoms with Crippen LogP contribution in [0.15, 0.2) is 72.8 Å². The van der Waals surface area contributed by atoms with Gasteiger partial charge in [0.05, 0.1) is 19.1 Å². The van der Waals surface area contributed by atoms with Gasteiger partial charge >= 0.3 is 0 Å². The van der Waals surface area contributed by atoms with Crippen LogP contribution >= 0.6 is 0 Å². The Morgan fingerprint density at radius 2 is 1.66 bits per heavy atom. The van der Waals surface area contributed by atoms with Crippen molar-refractivity contribution in [1.29, 1.82) is 0 Å². The minimum absolute atomic E-state index is 0.134. The minimum atomic E-state index is -0.145. The third-order valence-electron chi connectivity index (χ3n) is 6.47. The number of carbonyl (C=O) groups excluding carboxylic acids is 2. The molecular weight excluding hydrogens is 438 g/mol. The number of piperidine rings is 1. The third kappa shape index (κ3) is 6.63. The quantitative estimate of drug-likeness (QED) is 0.483. The summed E-state index contributed by atoms with van der Waals surface area (Å²) in [6, 6.07) is 22.9. The summed E-state index contributed by atoms with van der Waals surface area (Å²) in [7, 11) is 1.61. The van der Waals surface area contributed by atoms with E-state index in [1.165, 1.54) is 0 Å². The van der Waals surface area contributed by atoms with Crippen molar-refractivity contribution >= 4 is 23.2 Å². The highest BCUT2D eigenvalue weighted by molar-refractivity contribution is 6.02. The molecule has 3 aromatic rings. The third-order valence-corrected chi connectivity index (χ3v) is 6.47. The molecule has 1 fully saturated rings. The van der Waals surface area contributed by atoms with E-state index in [0.717, 1.165) is 48.5 Å². The summed E-state index contributed by atoms with van der Waals surface area (Å²) in [5.74, 6) is 1.17. The Morgan fingerprint density at radius 1 is 0.943 bits per heavy atom. The van der Waals surface area contributed by atoms with Crippen molar-refractivity contribution in [3.63, 3.8) is 0 Å². The number of methoxy groups -OCH3 is 1. The number of hydrogen-bond acceptors (Lipinski definition) is 4. The van der Waals surface area contributed by atoms with Gasteiger partial charge in [-0.1, -0.05) is 49.4 Å². The van der Waals surface area contributed by atoms with Gasteiger partial charge < -0.3 is 20.3 Å². The number of benzene rings is 3. The van der Waals surface area contributed by atoms with Gasteiger partial charge in [-0.15, -0.1) is 0 Å². The molecule has 0 unspecified atom stereocenters. The molecule has 0 atom stereocenters. The van der Waals surface area contributed by atoms with Gasteiger partial charge in [-0.05, 0) is 60.2 Å². The molecule has 0 saturated carbocycles. The van der Waals surface area contributed by atoms with Crippen molar-refractivity contribution in [2.45, 2.75) is 32.7 Å². The molecular formula is C29H33N3O3. The standard InChI is InChI=1S/C29H33N3O3/c1-21-14-16-32(17-15-21)27-13-10-24(31-28(33)18-22-8-11-25(35-2)12-9-22)19-26(27)29(34)30-20-23-6-4-3-5-7-23/h3-13,19,21H,14-18,20H2,1-2H3,(H,30,34)(H,31,33). The fourth-order valence-corrected chi connectivity index (χ4v) is 4.33. The number of nitrogens with one attached hydrogen (secondary N) is 2. The van der Waals surface area contributed by atoms with E-state index in [0.29, 0.717) is 23.7 Å². The predicted octanol–water partition coefficient (Wildman–Crippen LogP) is 5.04. The fourth-order valence-electron chi connectivity index (χ4n) is 4.33. The summed E-state index contributed by atoms with van der Waals surface area (Å²) in [5, 5.41) is 6.00. The number of nitrogens with zero attached hydrogens (tertiary/aromatic N) is 1. The first-order valence-electron chi connectivity index (χ1n) is 12.2. The Hall–Kier alpha value is -3.80. The lowest BCUT2D eigenvalue weighted by atomic mass is 9.97. The van der Waals surface area contributed by atoms with E-state index >= 15 is 0 Å². The topological polar surface area (TPSA) is 70.7 Å². The Balaban J connectivity index is 1.50. The van der Waals surface area contributed by atoms with Crippen LogP contribution in [0.25, 0.3) is 0 Å². The predicted molar refractivity (Wildman–Crippen MR) is 140 cm³/mol. The molecule has 1 aliphatic rings. The van der Waals surface area contributed by atoms with Crippen molar-refractivity contribution in [3.8, 4) is 5.75 Å². The molecule has 0 aromatic heterocycles. The van der Waals surface area contributed by atoms with Gasteiger partial charge in [0, 0.05) is 31.0 Å². The van der Waals surface area contributed by atoms with E-state index in [-0.39, 0.29) is 18.2 Å². The van der Waals surface area contributed by atoms with E-state index in [9.17, 15) is 9.59 Å². The van der Waals surface area contributed by atoms with E-state index in [4.69, 9.17) is 4.74 Å². The van der Waals surface area contributed by atoms with Gasteiger partial charge in [0.2, 0.25) is 5.91 Å². The average Bonchev–Trinajstić information content (AvgIpc) is 2.89. The second-order valence-electron chi connectivity index (χ2n) is 9.14. The summed E-state index contributed by atoms with van der Waals surface area (Å²) in [6.07, 6.45) is 2.45. The van der Waals surface area contributed by atoms with E-state index in [2.05, 4.69) is 22.5 Å². The lowest BCUT2D eigenvalue weighted by molar-refractivity contribution is -0.115. The van der Waals surface area contributed by atoms with Crippen LogP contribution in [0.3, 0.4) is 0 Å². The first kappa shape index (κ1) is 24.3. The molecule has 2 N–H and O–H groups in total. The zero-order valence-corrected chi connectivity index (χ0v) is 20.4. The molecule has 0 bridgehead atoms. The highest BCUT2D eigenvalue weighted by atomic mass is 16.5. The van der Waals surface area contributed by atoms with Gasteiger partial charge in [0.1, 0.15) is 5.75 Å². The van der Waals surface area contributed by atoms with Crippen LogP contribution in [0.2, 0.25) is 0 Å². The number of rotatable bonds is 8. The van der Waals surface area contributed by atoms with Crippen molar-refractivity contribution in [2.24, 2.45) is 5.92 Å². The Morgan fingerprint density at radius 3 is 2.34 bits per heavy atom. The molecule has 0 radical (unpaired) electrons. The molecule has 35 heavy (non-hydrogen) atoms. The maximum absolute atomic E-state index is 13.3. The molecule has 0 aliphatic carbocycles. The lowest BCUT2D eigenvalue weighted by Crippen LogP contribution is -2.35. The van der Waals surface area contributed by atoms with E-state index in [1.807, 2.05) is 66.7 Å². The molecule has 0 spiro atoms. The SMILES string of the molecule is COc1ccc(CC(=O)Nc2ccc(N3CCC(C)CC3)c(C(=O)NCc3ccccc3)c2)cc1. The molecule has 4 rings (SSSR count). The lowest BCUT2D eigenvalue weighted by Gasteiger charge is -2.33. The highest BCUT2D eigenvalue weighted by Gasteiger charge is 2.22. The molecule has 6 heteroatoms. The number of carbonyl (C=O) groups is 2. The molecule has 182 valence electrons. The average molecular weight is 472 g/mol. The van der Waals surface area contributed by atoms with E-state index in [1.54, 1.807) is 13.2 Å².